The summed E-state index contributed by atoms with van der Waals surface area (Å²) in [6.45, 7) is 13.4. The molecule has 0 aliphatic carbocycles. The predicted molar refractivity (Wildman–Crippen MR) is 143 cm³/mol. The normalized spacial score (nSPS) is 13.1. The van der Waals surface area contributed by atoms with Crippen LogP contribution in [0.15, 0.2) is 65.1 Å². The molecular formula is C31H30N2O. The van der Waals surface area contributed by atoms with Crippen LogP contribution < -0.4 is 4.90 Å². The lowest BCUT2D eigenvalue weighted by Crippen LogP contribution is -2.19. The van der Waals surface area contributed by atoms with Crippen molar-refractivity contribution in [1.29, 1.82) is 0 Å². The summed E-state index contributed by atoms with van der Waals surface area (Å²) in [5.41, 5.74) is 11.4. The van der Waals surface area contributed by atoms with Crippen LogP contribution in [0.2, 0.25) is 0 Å². The van der Waals surface area contributed by atoms with Crippen molar-refractivity contribution in [2.24, 2.45) is 5.41 Å². The van der Waals surface area contributed by atoms with Crippen molar-refractivity contribution in [3.63, 3.8) is 0 Å². The number of pyridine rings is 1. The van der Waals surface area contributed by atoms with Crippen LogP contribution in [0.1, 0.15) is 43.2 Å². The second-order valence-corrected chi connectivity index (χ2v) is 10.9. The highest BCUT2D eigenvalue weighted by atomic mass is 16.3. The quantitative estimate of drug-likeness (QED) is 0.266. The van der Waals surface area contributed by atoms with Gasteiger partial charge in [0.15, 0.2) is 0 Å². The summed E-state index contributed by atoms with van der Waals surface area (Å²) in [6, 6.07) is 21.6. The van der Waals surface area contributed by atoms with E-state index in [1.165, 1.54) is 22.4 Å². The molecule has 5 aromatic rings. The van der Waals surface area contributed by atoms with E-state index in [1.54, 1.807) is 0 Å². The summed E-state index contributed by atoms with van der Waals surface area (Å²) in [4.78, 5) is 7.65. The van der Waals surface area contributed by atoms with Crippen LogP contribution in [-0.2, 0) is 6.42 Å². The van der Waals surface area contributed by atoms with E-state index in [2.05, 4.69) is 107 Å². The molecule has 170 valence electrons. The lowest BCUT2D eigenvalue weighted by atomic mass is 9.88. The number of anilines is 3. The Labute approximate surface area is 201 Å². The van der Waals surface area contributed by atoms with Crippen molar-refractivity contribution in [1.82, 2.24) is 4.98 Å². The predicted octanol–water partition coefficient (Wildman–Crippen LogP) is 8.95. The lowest BCUT2D eigenvalue weighted by Gasteiger charge is -2.34. The number of rotatable bonds is 2. The molecular weight excluding hydrogens is 416 g/mol. The molecule has 0 N–H and O–H groups in total. The highest BCUT2D eigenvalue weighted by molar-refractivity contribution is 6.19. The van der Waals surface area contributed by atoms with E-state index in [0.29, 0.717) is 0 Å². The molecule has 0 saturated carbocycles. The summed E-state index contributed by atoms with van der Waals surface area (Å²) in [5.74, 6) is 1.02. The molecule has 3 nitrogen and oxygen atoms in total. The number of furan rings is 1. The van der Waals surface area contributed by atoms with Crippen molar-refractivity contribution in [3.05, 3.63) is 83.1 Å². The Morgan fingerprint density at radius 3 is 2.32 bits per heavy atom. The number of aryl methyl sites for hydroxylation is 3. The number of hydrogen-bond donors (Lipinski definition) is 0. The molecule has 0 saturated heterocycles. The zero-order valence-electron chi connectivity index (χ0n) is 20.8. The first kappa shape index (κ1) is 21.0. The Bertz CT molecular complexity index is 1580. The van der Waals surface area contributed by atoms with Gasteiger partial charge in [0.05, 0.1) is 33.7 Å². The average Bonchev–Trinajstić information content (AvgIpc) is 3.13. The standard InChI is InChI=1S/C31H30N2O/c1-18-14-15-24-22(16-18)27-26-29(33(24)28-19(2)10-9-11-20(28)3)25(17-31(4,5)6)34-30(26)21-12-7-8-13-23(21)32-27/h7-16H,17H2,1-6H3. The van der Waals surface area contributed by atoms with Gasteiger partial charge in [-0.1, -0.05) is 62.7 Å². The molecule has 0 unspecified atom stereocenters. The third-order valence-corrected chi connectivity index (χ3v) is 6.80. The molecule has 0 bridgehead atoms. The van der Waals surface area contributed by atoms with Crippen molar-refractivity contribution < 1.29 is 4.42 Å². The molecule has 3 heteroatoms. The SMILES string of the molecule is Cc1ccc2c(c1)-c1nc3ccccc3c3oc(CC(C)(C)C)c(c13)N2c1c(C)cccc1C. The molecule has 0 radical (unpaired) electrons. The smallest absolute Gasteiger partial charge is 0.148 e. The fraction of sp³-hybridized carbons (Fsp3) is 0.258. The first-order valence-electron chi connectivity index (χ1n) is 12.0. The van der Waals surface area contributed by atoms with Crippen molar-refractivity contribution >= 4 is 38.9 Å². The Kier molecular flexibility index (Phi) is 4.44. The molecule has 0 atom stereocenters. The molecule has 1 aliphatic heterocycles. The maximum atomic E-state index is 6.81. The number of para-hydroxylation sites is 2. The topological polar surface area (TPSA) is 29.3 Å². The Balaban J connectivity index is 1.83. The molecule has 0 spiro atoms. The van der Waals surface area contributed by atoms with E-state index >= 15 is 0 Å². The summed E-state index contributed by atoms with van der Waals surface area (Å²) in [5, 5.41) is 2.19. The Hall–Kier alpha value is -3.59. The number of aromatic nitrogens is 1. The Morgan fingerprint density at radius 2 is 1.59 bits per heavy atom. The fourth-order valence-electron chi connectivity index (χ4n) is 5.40. The molecule has 34 heavy (non-hydrogen) atoms. The molecule has 0 fully saturated rings. The van der Waals surface area contributed by atoms with Gasteiger partial charge < -0.3 is 9.32 Å². The monoisotopic (exact) mass is 446 g/mol. The fourth-order valence-corrected chi connectivity index (χ4v) is 5.40. The van der Waals surface area contributed by atoms with Gasteiger partial charge in [-0.3, -0.25) is 0 Å². The van der Waals surface area contributed by atoms with Gasteiger partial charge in [-0.2, -0.15) is 0 Å². The van der Waals surface area contributed by atoms with Crippen LogP contribution in [0.3, 0.4) is 0 Å². The maximum Gasteiger partial charge on any atom is 0.148 e. The zero-order chi connectivity index (χ0) is 23.8. The average molecular weight is 447 g/mol. The highest BCUT2D eigenvalue weighted by Gasteiger charge is 2.35. The molecule has 1 aliphatic rings. The molecule has 6 rings (SSSR count). The van der Waals surface area contributed by atoms with Crippen molar-refractivity contribution in [2.75, 3.05) is 4.90 Å². The van der Waals surface area contributed by atoms with E-state index in [9.17, 15) is 0 Å². The number of benzene rings is 3. The summed E-state index contributed by atoms with van der Waals surface area (Å²) >= 11 is 0. The zero-order valence-corrected chi connectivity index (χ0v) is 20.8. The van der Waals surface area contributed by atoms with Gasteiger partial charge in [0.25, 0.3) is 0 Å². The second kappa shape index (κ2) is 7.20. The number of hydrogen-bond acceptors (Lipinski definition) is 3. The van der Waals surface area contributed by atoms with Crippen molar-refractivity contribution in [2.45, 2.75) is 48.0 Å². The minimum atomic E-state index is 0.0772. The third kappa shape index (κ3) is 3.07. The van der Waals surface area contributed by atoms with Gasteiger partial charge in [-0.25, -0.2) is 4.98 Å². The first-order chi connectivity index (χ1) is 16.2. The molecule has 2 aromatic heterocycles. The van der Waals surface area contributed by atoms with Crippen LogP contribution in [0.4, 0.5) is 17.1 Å². The number of nitrogens with zero attached hydrogens (tertiary/aromatic N) is 2. The van der Waals surface area contributed by atoms with Crippen LogP contribution in [0.25, 0.3) is 33.1 Å². The summed E-state index contributed by atoms with van der Waals surface area (Å²) < 4.78 is 6.81. The van der Waals surface area contributed by atoms with Crippen molar-refractivity contribution in [3.8, 4) is 11.3 Å². The molecule has 3 heterocycles. The van der Waals surface area contributed by atoms with E-state index < -0.39 is 0 Å². The van der Waals surface area contributed by atoms with Crippen LogP contribution >= 0.6 is 0 Å². The van der Waals surface area contributed by atoms with Gasteiger partial charge >= 0.3 is 0 Å². The number of fused-ring (bicyclic) bond motifs is 4. The van der Waals surface area contributed by atoms with Gasteiger partial charge in [0, 0.05) is 17.4 Å². The van der Waals surface area contributed by atoms with Crippen LogP contribution in [0.5, 0.6) is 0 Å². The highest BCUT2D eigenvalue weighted by Crippen LogP contribution is 2.55. The first-order valence-corrected chi connectivity index (χ1v) is 12.0. The second-order valence-electron chi connectivity index (χ2n) is 10.9. The van der Waals surface area contributed by atoms with Gasteiger partial charge in [-0.15, -0.1) is 0 Å². The third-order valence-electron chi connectivity index (χ3n) is 6.80. The molecule has 3 aromatic carbocycles. The van der Waals surface area contributed by atoms with E-state index in [4.69, 9.17) is 9.40 Å². The largest absolute Gasteiger partial charge is 0.458 e. The minimum Gasteiger partial charge on any atom is -0.458 e. The van der Waals surface area contributed by atoms with E-state index in [1.807, 2.05) is 0 Å². The van der Waals surface area contributed by atoms with Gasteiger partial charge in [-0.05, 0) is 61.6 Å². The summed E-state index contributed by atoms with van der Waals surface area (Å²) in [6.07, 6.45) is 0.841. The van der Waals surface area contributed by atoms with Crippen LogP contribution in [0, 0.1) is 26.2 Å². The van der Waals surface area contributed by atoms with E-state index in [-0.39, 0.29) is 5.41 Å². The molecule has 0 amide bonds. The van der Waals surface area contributed by atoms with E-state index in [0.717, 1.165) is 56.7 Å². The van der Waals surface area contributed by atoms with Gasteiger partial charge in [0.1, 0.15) is 11.3 Å². The lowest BCUT2D eigenvalue weighted by molar-refractivity contribution is 0.371. The summed E-state index contributed by atoms with van der Waals surface area (Å²) in [7, 11) is 0. The Morgan fingerprint density at radius 1 is 0.853 bits per heavy atom. The van der Waals surface area contributed by atoms with Gasteiger partial charge in [0.2, 0.25) is 0 Å². The maximum absolute atomic E-state index is 6.81. The minimum absolute atomic E-state index is 0.0772. The van der Waals surface area contributed by atoms with Crippen LogP contribution in [-0.4, -0.2) is 4.98 Å².